The first-order valence-corrected chi connectivity index (χ1v) is 8.32. The van der Waals surface area contributed by atoms with E-state index in [1.54, 1.807) is 30.5 Å². The number of hydrogen-bond donors (Lipinski definition) is 3. The van der Waals surface area contributed by atoms with Gasteiger partial charge in [0.25, 0.3) is 5.91 Å². The van der Waals surface area contributed by atoms with Gasteiger partial charge in [0, 0.05) is 24.0 Å². The van der Waals surface area contributed by atoms with Crippen molar-refractivity contribution in [2.45, 2.75) is 26.8 Å². The maximum Gasteiger partial charge on any atom is 0.319 e. The van der Waals surface area contributed by atoms with E-state index >= 15 is 0 Å². The Morgan fingerprint density at radius 3 is 2.36 bits per heavy atom. The summed E-state index contributed by atoms with van der Waals surface area (Å²) >= 11 is 0. The zero-order valence-corrected chi connectivity index (χ0v) is 14.7. The van der Waals surface area contributed by atoms with Crippen LogP contribution in [0.5, 0.6) is 0 Å². The normalized spacial score (nSPS) is 11.7. The van der Waals surface area contributed by atoms with Crippen LogP contribution in [-0.4, -0.2) is 23.5 Å². The van der Waals surface area contributed by atoms with Crippen molar-refractivity contribution in [1.82, 2.24) is 15.6 Å². The third kappa shape index (κ3) is 5.91. The van der Waals surface area contributed by atoms with Crippen LogP contribution in [0, 0.1) is 5.92 Å². The molecule has 25 heavy (non-hydrogen) atoms. The van der Waals surface area contributed by atoms with Gasteiger partial charge in [-0.1, -0.05) is 19.9 Å². The second kappa shape index (κ2) is 8.82. The monoisotopic (exact) mass is 340 g/mol. The number of urea groups is 1. The highest BCUT2D eigenvalue weighted by atomic mass is 16.2. The van der Waals surface area contributed by atoms with Gasteiger partial charge in [0.2, 0.25) is 0 Å². The molecule has 132 valence electrons. The number of nitrogens with zero attached hydrogens (tertiary/aromatic N) is 1. The number of carbonyl (C=O) groups is 2. The van der Waals surface area contributed by atoms with Crippen LogP contribution in [0.1, 0.15) is 42.9 Å². The number of anilines is 1. The SMILES string of the molecule is CC(C)CNC(=O)c1ccc(NC(=O)N[C@@H](C)c2ccccn2)cc1. The fourth-order valence-electron chi connectivity index (χ4n) is 2.17. The summed E-state index contributed by atoms with van der Waals surface area (Å²) in [6.07, 6.45) is 1.69. The number of carbonyl (C=O) groups excluding carboxylic acids is 2. The van der Waals surface area contributed by atoms with E-state index in [-0.39, 0.29) is 18.0 Å². The van der Waals surface area contributed by atoms with Gasteiger partial charge in [0.05, 0.1) is 11.7 Å². The number of pyridine rings is 1. The average molecular weight is 340 g/mol. The highest BCUT2D eigenvalue weighted by Crippen LogP contribution is 2.11. The highest BCUT2D eigenvalue weighted by molar-refractivity contribution is 5.95. The highest BCUT2D eigenvalue weighted by Gasteiger charge is 2.11. The summed E-state index contributed by atoms with van der Waals surface area (Å²) in [5.74, 6) is 0.281. The van der Waals surface area contributed by atoms with Crippen LogP contribution < -0.4 is 16.0 Å². The molecule has 0 spiro atoms. The minimum atomic E-state index is -0.324. The Labute approximate surface area is 148 Å². The minimum absolute atomic E-state index is 0.117. The predicted octanol–water partition coefficient (Wildman–Crippen LogP) is 3.35. The third-order valence-corrected chi connectivity index (χ3v) is 3.55. The molecule has 1 aromatic carbocycles. The van der Waals surface area contributed by atoms with Gasteiger partial charge in [-0.05, 0) is 49.2 Å². The largest absolute Gasteiger partial charge is 0.352 e. The standard InChI is InChI=1S/C19H24N4O2/c1-13(2)12-21-18(24)15-7-9-16(10-8-15)23-19(25)22-14(3)17-6-4-5-11-20-17/h4-11,13-14H,12H2,1-3H3,(H,21,24)(H2,22,23,25)/t14-/m0/s1. The minimum Gasteiger partial charge on any atom is -0.352 e. The van der Waals surface area contributed by atoms with E-state index in [9.17, 15) is 9.59 Å². The van der Waals surface area contributed by atoms with E-state index in [0.717, 1.165) is 5.69 Å². The van der Waals surface area contributed by atoms with Crippen molar-refractivity contribution in [1.29, 1.82) is 0 Å². The number of hydrogen-bond acceptors (Lipinski definition) is 3. The van der Waals surface area contributed by atoms with Crippen molar-refractivity contribution in [2.24, 2.45) is 5.92 Å². The fraction of sp³-hybridized carbons (Fsp3) is 0.316. The average Bonchev–Trinajstić information content (AvgIpc) is 2.61. The van der Waals surface area contributed by atoms with Gasteiger partial charge in [-0.3, -0.25) is 9.78 Å². The summed E-state index contributed by atoms with van der Waals surface area (Å²) in [6, 6.07) is 11.8. The molecule has 0 aliphatic carbocycles. The van der Waals surface area contributed by atoms with Crippen LogP contribution in [0.3, 0.4) is 0 Å². The number of nitrogens with one attached hydrogen (secondary N) is 3. The zero-order valence-electron chi connectivity index (χ0n) is 14.7. The van der Waals surface area contributed by atoms with E-state index < -0.39 is 0 Å². The smallest absolute Gasteiger partial charge is 0.319 e. The first-order chi connectivity index (χ1) is 12.0. The number of rotatable bonds is 6. The lowest BCUT2D eigenvalue weighted by Gasteiger charge is -2.14. The van der Waals surface area contributed by atoms with Gasteiger partial charge >= 0.3 is 6.03 Å². The number of amides is 3. The third-order valence-electron chi connectivity index (χ3n) is 3.55. The second-order valence-corrected chi connectivity index (χ2v) is 6.26. The van der Waals surface area contributed by atoms with E-state index in [0.29, 0.717) is 23.7 Å². The van der Waals surface area contributed by atoms with E-state index in [4.69, 9.17) is 0 Å². The molecule has 0 saturated carbocycles. The maximum absolute atomic E-state index is 12.1. The van der Waals surface area contributed by atoms with Gasteiger partial charge in [-0.25, -0.2) is 4.79 Å². The summed E-state index contributed by atoms with van der Waals surface area (Å²) < 4.78 is 0. The molecule has 0 aliphatic heterocycles. The molecule has 2 rings (SSSR count). The van der Waals surface area contributed by atoms with E-state index in [1.165, 1.54) is 0 Å². The molecule has 3 amide bonds. The lowest BCUT2D eigenvalue weighted by Crippen LogP contribution is -2.31. The fourth-order valence-corrected chi connectivity index (χ4v) is 2.17. The van der Waals surface area contributed by atoms with Crippen molar-refractivity contribution in [3.63, 3.8) is 0 Å². The van der Waals surface area contributed by atoms with Crippen molar-refractivity contribution < 1.29 is 9.59 Å². The Balaban J connectivity index is 1.88. The summed E-state index contributed by atoms with van der Waals surface area (Å²) in [6.45, 7) is 6.58. The number of aromatic nitrogens is 1. The predicted molar refractivity (Wildman–Crippen MR) is 98.4 cm³/mol. The van der Waals surface area contributed by atoms with Crippen LogP contribution in [-0.2, 0) is 0 Å². The number of benzene rings is 1. The molecule has 0 saturated heterocycles. The molecule has 6 nitrogen and oxygen atoms in total. The van der Waals surface area contributed by atoms with Crippen molar-refractivity contribution >= 4 is 17.6 Å². The molecule has 0 unspecified atom stereocenters. The Morgan fingerprint density at radius 1 is 1.04 bits per heavy atom. The quantitative estimate of drug-likeness (QED) is 0.754. The molecule has 3 N–H and O–H groups in total. The molecular formula is C19H24N4O2. The zero-order chi connectivity index (χ0) is 18.2. The Hall–Kier alpha value is -2.89. The first kappa shape index (κ1) is 18.4. The Kier molecular flexibility index (Phi) is 6.51. The molecule has 6 heteroatoms. The van der Waals surface area contributed by atoms with Gasteiger partial charge < -0.3 is 16.0 Å². The molecule has 1 heterocycles. The van der Waals surface area contributed by atoms with Gasteiger partial charge in [-0.2, -0.15) is 0 Å². The van der Waals surface area contributed by atoms with E-state index in [1.807, 2.05) is 39.0 Å². The topological polar surface area (TPSA) is 83.1 Å². The molecule has 1 atom stereocenters. The van der Waals surface area contributed by atoms with Crippen molar-refractivity contribution in [3.8, 4) is 0 Å². The van der Waals surface area contributed by atoms with Crippen LogP contribution in [0.2, 0.25) is 0 Å². The van der Waals surface area contributed by atoms with Crippen LogP contribution in [0.15, 0.2) is 48.7 Å². The summed E-state index contributed by atoms with van der Waals surface area (Å²) in [7, 11) is 0. The molecule has 0 aliphatic rings. The van der Waals surface area contributed by atoms with Gasteiger partial charge in [0.1, 0.15) is 0 Å². The summed E-state index contributed by atoms with van der Waals surface area (Å²) in [5.41, 5.74) is 1.97. The Morgan fingerprint density at radius 2 is 1.76 bits per heavy atom. The second-order valence-electron chi connectivity index (χ2n) is 6.26. The molecule has 0 radical (unpaired) electrons. The van der Waals surface area contributed by atoms with Crippen LogP contribution in [0.4, 0.5) is 10.5 Å². The maximum atomic E-state index is 12.1. The first-order valence-electron chi connectivity index (χ1n) is 8.32. The van der Waals surface area contributed by atoms with Gasteiger partial charge in [0.15, 0.2) is 0 Å². The van der Waals surface area contributed by atoms with Gasteiger partial charge in [-0.15, -0.1) is 0 Å². The summed E-state index contributed by atoms with van der Waals surface area (Å²) in [4.78, 5) is 28.2. The lowest BCUT2D eigenvalue weighted by molar-refractivity contribution is 0.0949. The van der Waals surface area contributed by atoms with E-state index in [2.05, 4.69) is 20.9 Å². The van der Waals surface area contributed by atoms with Crippen LogP contribution >= 0.6 is 0 Å². The summed E-state index contributed by atoms with van der Waals surface area (Å²) in [5, 5.41) is 8.43. The molecule has 1 aromatic heterocycles. The molecule has 2 aromatic rings. The Bertz CT molecular complexity index is 699. The van der Waals surface area contributed by atoms with Crippen LogP contribution in [0.25, 0.3) is 0 Å². The molecule has 0 bridgehead atoms. The lowest BCUT2D eigenvalue weighted by atomic mass is 10.1. The van der Waals surface area contributed by atoms with Crippen molar-refractivity contribution in [3.05, 3.63) is 59.9 Å². The molecule has 0 fully saturated rings. The molecular weight excluding hydrogens is 316 g/mol. The van der Waals surface area contributed by atoms with Crippen molar-refractivity contribution in [2.75, 3.05) is 11.9 Å².